The monoisotopic (exact) mass is 338 g/mol. The highest BCUT2D eigenvalue weighted by molar-refractivity contribution is 6.40. The van der Waals surface area contributed by atoms with E-state index in [1.807, 2.05) is 0 Å². The number of carbonyl (C=O) groups excluding carboxylic acids is 3. The lowest BCUT2D eigenvalue weighted by molar-refractivity contribution is -0.134. The molecule has 0 unspecified atom stereocenters. The number of esters is 1. The smallest absolute Gasteiger partial charge is 0.354 e. The molecule has 0 fully saturated rings. The number of nitrogens with zero attached hydrogens (tertiary/aromatic N) is 1. The van der Waals surface area contributed by atoms with E-state index in [4.69, 9.17) is 11.6 Å². The first-order valence-electron chi connectivity index (χ1n) is 6.89. The maximum atomic E-state index is 12.0. The first-order chi connectivity index (χ1) is 10.6. The SMILES string of the molecule is COC(=O)C(CC(=O)C(C)(C)C)=NNC(=O)c1ccc(Cl)cc1. The molecular formula is C16H19ClN2O4. The van der Waals surface area contributed by atoms with Gasteiger partial charge >= 0.3 is 5.97 Å². The summed E-state index contributed by atoms with van der Waals surface area (Å²) < 4.78 is 4.59. The van der Waals surface area contributed by atoms with Crippen molar-refractivity contribution in [1.29, 1.82) is 0 Å². The van der Waals surface area contributed by atoms with Gasteiger partial charge in [-0.15, -0.1) is 0 Å². The van der Waals surface area contributed by atoms with E-state index in [2.05, 4.69) is 15.3 Å². The molecule has 0 aliphatic rings. The van der Waals surface area contributed by atoms with E-state index >= 15 is 0 Å². The van der Waals surface area contributed by atoms with Gasteiger partial charge in [-0.25, -0.2) is 10.2 Å². The van der Waals surface area contributed by atoms with Gasteiger partial charge in [0, 0.05) is 16.0 Å². The molecule has 0 bridgehead atoms. The number of nitrogens with one attached hydrogen (secondary N) is 1. The van der Waals surface area contributed by atoms with Crippen LogP contribution in [0, 0.1) is 5.41 Å². The number of benzene rings is 1. The number of hydrogen-bond donors (Lipinski definition) is 1. The van der Waals surface area contributed by atoms with E-state index < -0.39 is 17.3 Å². The molecule has 124 valence electrons. The van der Waals surface area contributed by atoms with Crippen molar-refractivity contribution in [2.75, 3.05) is 7.11 Å². The van der Waals surface area contributed by atoms with Crippen molar-refractivity contribution < 1.29 is 19.1 Å². The van der Waals surface area contributed by atoms with Gasteiger partial charge in [0.05, 0.1) is 13.5 Å². The molecule has 7 heteroatoms. The minimum atomic E-state index is -0.765. The number of amides is 1. The highest BCUT2D eigenvalue weighted by Crippen LogP contribution is 2.17. The zero-order valence-electron chi connectivity index (χ0n) is 13.5. The van der Waals surface area contributed by atoms with Crippen LogP contribution in [0.2, 0.25) is 5.02 Å². The van der Waals surface area contributed by atoms with Gasteiger partial charge in [-0.3, -0.25) is 9.59 Å². The zero-order valence-corrected chi connectivity index (χ0v) is 14.2. The van der Waals surface area contributed by atoms with E-state index in [1.165, 1.54) is 19.2 Å². The van der Waals surface area contributed by atoms with Crippen molar-refractivity contribution in [2.24, 2.45) is 10.5 Å². The average Bonchev–Trinajstić information content (AvgIpc) is 2.49. The number of ether oxygens (including phenoxy) is 1. The third-order valence-electron chi connectivity index (χ3n) is 2.98. The number of methoxy groups -OCH3 is 1. The second-order valence-corrected chi connectivity index (χ2v) is 6.28. The minimum absolute atomic E-state index is 0.158. The van der Waals surface area contributed by atoms with Crippen LogP contribution >= 0.6 is 11.6 Å². The molecule has 23 heavy (non-hydrogen) atoms. The molecule has 0 spiro atoms. The number of hydrazone groups is 1. The average molecular weight is 339 g/mol. The Morgan fingerprint density at radius 1 is 1.17 bits per heavy atom. The molecule has 1 amide bonds. The Balaban J connectivity index is 2.88. The van der Waals surface area contributed by atoms with Crippen LogP contribution in [0.15, 0.2) is 29.4 Å². The standard InChI is InChI=1S/C16H19ClN2O4/c1-16(2,3)13(20)9-12(15(22)23-4)18-19-14(21)10-5-7-11(17)8-6-10/h5-8H,9H2,1-4H3,(H,19,21). The molecule has 1 aromatic rings. The first-order valence-corrected chi connectivity index (χ1v) is 7.27. The third kappa shape index (κ3) is 5.83. The summed E-state index contributed by atoms with van der Waals surface area (Å²) in [4.78, 5) is 35.7. The fourth-order valence-corrected chi connectivity index (χ4v) is 1.60. The predicted molar refractivity (Wildman–Crippen MR) is 87.4 cm³/mol. The van der Waals surface area contributed by atoms with Gasteiger partial charge < -0.3 is 4.74 Å². The number of hydrogen-bond acceptors (Lipinski definition) is 5. The van der Waals surface area contributed by atoms with Gasteiger partial charge in [0.1, 0.15) is 5.78 Å². The summed E-state index contributed by atoms with van der Waals surface area (Å²) in [5.41, 5.74) is 1.78. The molecule has 0 saturated heterocycles. The fraction of sp³-hybridized carbons (Fsp3) is 0.375. The second-order valence-electron chi connectivity index (χ2n) is 5.85. The molecule has 0 radical (unpaired) electrons. The summed E-state index contributed by atoms with van der Waals surface area (Å²) >= 11 is 5.75. The maximum Gasteiger partial charge on any atom is 0.354 e. The lowest BCUT2D eigenvalue weighted by Gasteiger charge is -2.16. The van der Waals surface area contributed by atoms with Crippen molar-refractivity contribution in [3.63, 3.8) is 0 Å². The zero-order chi connectivity index (χ0) is 17.6. The van der Waals surface area contributed by atoms with Crippen molar-refractivity contribution in [1.82, 2.24) is 5.43 Å². The largest absolute Gasteiger partial charge is 0.464 e. The molecule has 0 aliphatic heterocycles. The summed E-state index contributed by atoms with van der Waals surface area (Å²) in [6.07, 6.45) is -0.225. The molecule has 0 aliphatic carbocycles. The minimum Gasteiger partial charge on any atom is -0.464 e. The summed E-state index contributed by atoms with van der Waals surface area (Å²) in [6.45, 7) is 5.20. The van der Waals surface area contributed by atoms with Gasteiger partial charge in [0.15, 0.2) is 5.71 Å². The molecule has 1 rings (SSSR count). The van der Waals surface area contributed by atoms with Crippen LogP contribution in [0.4, 0.5) is 0 Å². The molecule has 6 nitrogen and oxygen atoms in total. The number of carbonyl (C=O) groups is 3. The van der Waals surface area contributed by atoms with E-state index in [0.717, 1.165) is 0 Å². The summed E-state index contributed by atoms with van der Waals surface area (Å²) in [6, 6.07) is 6.16. The normalized spacial score (nSPS) is 11.8. The van der Waals surface area contributed by atoms with Gasteiger partial charge in [-0.2, -0.15) is 5.10 Å². The third-order valence-corrected chi connectivity index (χ3v) is 3.24. The Morgan fingerprint density at radius 2 is 1.74 bits per heavy atom. The van der Waals surface area contributed by atoms with Crippen molar-refractivity contribution in [3.8, 4) is 0 Å². The lowest BCUT2D eigenvalue weighted by Crippen LogP contribution is -2.30. The van der Waals surface area contributed by atoms with Gasteiger partial charge in [-0.1, -0.05) is 32.4 Å². The molecule has 0 atom stereocenters. The Morgan fingerprint density at radius 3 is 2.22 bits per heavy atom. The quantitative estimate of drug-likeness (QED) is 0.508. The van der Waals surface area contributed by atoms with E-state index in [0.29, 0.717) is 10.6 Å². The molecule has 0 aromatic heterocycles. The lowest BCUT2D eigenvalue weighted by atomic mass is 9.88. The van der Waals surface area contributed by atoms with Crippen LogP contribution in [0.5, 0.6) is 0 Å². The van der Waals surface area contributed by atoms with Gasteiger partial charge in [-0.05, 0) is 24.3 Å². The Bertz CT molecular complexity index is 630. The summed E-state index contributed by atoms with van der Waals surface area (Å²) in [7, 11) is 1.18. The van der Waals surface area contributed by atoms with Crippen LogP contribution < -0.4 is 5.43 Å². The summed E-state index contributed by atoms with van der Waals surface area (Å²) in [5.74, 6) is -1.48. The van der Waals surface area contributed by atoms with Crippen LogP contribution in [-0.4, -0.2) is 30.5 Å². The van der Waals surface area contributed by atoms with Crippen molar-refractivity contribution in [3.05, 3.63) is 34.9 Å². The molecule has 0 saturated carbocycles. The van der Waals surface area contributed by atoms with Gasteiger partial charge in [0.2, 0.25) is 0 Å². The Labute approximate surface area is 139 Å². The second kappa shape index (κ2) is 7.87. The highest BCUT2D eigenvalue weighted by Gasteiger charge is 2.26. The first kappa shape index (κ1) is 18.8. The van der Waals surface area contributed by atoms with Crippen LogP contribution in [0.3, 0.4) is 0 Å². The number of Topliss-reactive ketones (excluding diaryl/α,β-unsaturated/α-hetero) is 1. The van der Waals surface area contributed by atoms with Crippen LogP contribution in [0.25, 0.3) is 0 Å². The van der Waals surface area contributed by atoms with E-state index in [1.54, 1.807) is 32.9 Å². The predicted octanol–water partition coefficient (Wildman–Crippen LogP) is 2.60. The Hall–Kier alpha value is -2.21. The Kier molecular flexibility index (Phi) is 6.45. The number of halogens is 1. The highest BCUT2D eigenvalue weighted by atomic mass is 35.5. The molecular weight excluding hydrogens is 320 g/mol. The fourth-order valence-electron chi connectivity index (χ4n) is 1.48. The maximum absolute atomic E-state index is 12.0. The summed E-state index contributed by atoms with van der Waals surface area (Å²) in [5, 5.41) is 4.23. The topological polar surface area (TPSA) is 84.8 Å². The van der Waals surface area contributed by atoms with E-state index in [-0.39, 0.29) is 17.9 Å². The number of ketones is 1. The van der Waals surface area contributed by atoms with Crippen molar-refractivity contribution in [2.45, 2.75) is 27.2 Å². The van der Waals surface area contributed by atoms with Crippen LogP contribution in [0.1, 0.15) is 37.6 Å². The van der Waals surface area contributed by atoms with Crippen molar-refractivity contribution >= 4 is 35.0 Å². The van der Waals surface area contributed by atoms with E-state index in [9.17, 15) is 14.4 Å². The van der Waals surface area contributed by atoms with Crippen LogP contribution in [-0.2, 0) is 14.3 Å². The van der Waals surface area contributed by atoms with Gasteiger partial charge in [0.25, 0.3) is 5.91 Å². The molecule has 1 aromatic carbocycles. The molecule has 1 N–H and O–H groups in total. The molecule has 0 heterocycles. The number of rotatable bonds is 5.